The molecule has 3 aromatic heterocycles. The van der Waals surface area contributed by atoms with E-state index in [1.165, 1.54) is 15.5 Å². The second-order valence-electron chi connectivity index (χ2n) is 10.7. The number of aliphatic imine (C=N–C) groups is 1. The third-order valence-electron chi connectivity index (χ3n) is 7.80. The maximum Gasteiger partial charge on any atom is 0.332 e. The maximum absolute atomic E-state index is 13.2. The Balaban J connectivity index is 1.29. The van der Waals surface area contributed by atoms with Gasteiger partial charge in [0.15, 0.2) is 17.0 Å². The lowest BCUT2D eigenvalue weighted by Gasteiger charge is -2.16. The van der Waals surface area contributed by atoms with E-state index in [-0.39, 0.29) is 41.0 Å². The van der Waals surface area contributed by atoms with Gasteiger partial charge in [0.25, 0.3) is 11.5 Å². The van der Waals surface area contributed by atoms with Crippen molar-refractivity contribution in [2.75, 3.05) is 11.9 Å². The fourth-order valence-corrected chi connectivity index (χ4v) is 5.47. The molecule has 1 saturated heterocycles. The number of carbonyl (C=O) groups is 2. The average molecular weight is 632 g/mol. The quantitative estimate of drug-likeness (QED) is 0.140. The predicted octanol–water partition coefficient (Wildman–Crippen LogP) is 1.43. The fourth-order valence-electron chi connectivity index (χ4n) is 5.47. The lowest BCUT2D eigenvalue weighted by atomic mass is 10.1. The standard InChI is InChI=1S/C30H37N11O5/c1-5-33-27(42)19-12-13-20(46-19)41-16-35-21(23(31)32)24(41)34-15-14-17-8-10-18(11-9-17)36-28(43)26-37-25-22(38(26)4)29(44)40(7-3)30(45)39(25)6-2/h8-11,15-16,19-20H,5-7,12-14H2,1-4H3,(H3,31,32)(H,33,42)(H,36,43)/b34-15+/t19-,20+/m0/s1. The largest absolute Gasteiger partial charge is 0.382 e. The van der Waals surface area contributed by atoms with Gasteiger partial charge in [-0.2, -0.15) is 0 Å². The third-order valence-corrected chi connectivity index (χ3v) is 7.80. The minimum atomic E-state index is -0.573. The Kier molecular flexibility index (Phi) is 9.27. The van der Waals surface area contributed by atoms with Crippen LogP contribution in [0.2, 0.25) is 0 Å². The first-order valence-electron chi connectivity index (χ1n) is 15.1. The number of amides is 2. The molecule has 16 nitrogen and oxygen atoms in total. The minimum Gasteiger partial charge on any atom is -0.382 e. The van der Waals surface area contributed by atoms with Crippen LogP contribution in [-0.2, 0) is 36.1 Å². The molecule has 2 atom stereocenters. The smallest absolute Gasteiger partial charge is 0.332 e. The average Bonchev–Trinajstić information content (AvgIpc) is 3.76. The molecule has 5 rings (SSSR count). The van der Waals surface area contributed by atoms with E-state index in [2.05, 4.69) is 25.6 Å². The molecule has 0 bridgehead atoms. The number of carbonyl (C=O) groups excluding carboxylic acids is 2. The Morgan fingerprint density at radius 1 is 1.13 bits per heavy atom. The normalized spacial score (nSPS) is 16.3. The third kappa shape index (κ3) is 5.98. The molecule has 4 heterocycles. The van der Waals surface area contributed by atoms with Crippen molar-refractivity contribution in [3.63, 3.8) is 0 Å². The molecule has 1 fully saturated rings. The molecule has 0 spiro atoms. The molecular weight excluding hydrogens is 594 g/mol. The van der Waals surface area contributed by atoms with Gasteiger partial charge in [-0.25, -0.2) is 19.8 Å². The van der Waals surface area contributed by atoms with Crippen molar-refractivity contribution in [1.82, 2.24) is 33.6 Å². The number of nitrogens with two attached hydrogens (primary N) is 1. The number of fused-ring (bicyclic) bond motifs is 1. The van der Waals surface area contributed by atoms with Crippen LogP contribution in [0.15, 0.2) is 45.2 Å². The number of anilines is 1. The second-order valence-corrected chi connectivity index (χ2v) is 10.7. The number of imidazole rings is 2. The lowest BCUT2D eigenvalue weighted by Crippen LogP contribution is -2.39. The predicted molar refractivity (Wildman–Crippen MR) is 172 cm³/mol. The van der Waals surface area contributed by atoms with Gasteiger partial charge in [0.05, 0.1) is 6.33 Å². The van der Waals surface area contributed by atoms with E-state index in [0.29, 0.717) is 43.9 Å². The summed E-state index contributed by atoms with van der Waals surface area (Å²) in [6, 6.07) is 7.11. The number of ether oxygens (including phenoxy) is 1. The van der Waals surface area contributed by atoms with Crippen molar-refractivity contribution in [3.05, 3.63) is 68.5 Å². The number of likely N-dealkylation sites (N-methyl/N-ethyl adjacent to an activating group) is 1. The molecule has 1 aromatic carbocycles. The first-order chi connectivity index (χ1) is 22.1. The molecule has 4 aromatic rings. The summed E-state index contributed by atoms with van der Waals surface area (Å²) in [6.45, 7) is 6.34. The zero-order chi connectivity index (χ0) is 33.1. The SMILES string of the molecule is CCNC(=O)[C@@H]1CC[C@H](n2cnc(C(=N)N)c2/N=C/Cc2ccc(NC(=O)c3nc4c(c(=O)n(CC)c(=O)n4CC)n3C)cc2)O1. The number of nitrogens with zero attached hydrogens (tertiary/aromatic N) is 7. The highest BCUT2D eigenvalue weighted by atomic mass is 16.5. The van der Waals surface area contributed by atoms with Gasteiger partial charge in [-0.1, -0.05) is 12.1 Å². The van der Waals surface area contributed by atoms with Crippen molar-refractivity contribution in [2.45, 2.75) is 65.5 Å². The van der Waals surface area contributed by atoms with Crippen LogP contribution < -0.4 is 27.6 Å². The van der Waals surface area contributed by atoms with Gasteiger partial charge in [-0.3, -0.25) is 33.5 Å². The van der Waals surface area contributed by atoms with Crippen LogP contribution in [0.3, 0.4) is 0 Å². The van der Waals surface area contributed by atoms with E-state index >= 15 is 0 Å². The number of benzene rings is 1. The first kappa shape index (κ1) is 32.0. The monoisotopic (exact) mass is 631 g/mol. The first-order valence-corrected chi connectivity index (χ1v) is 15.1. The molecule has 1 aliphatic rings. The van der Waals surface area contributed by atoms with Crippen molar-refractivity contribution in [1.29, 1.82) is 5.41 Å². The van der Waals surface area contributed by atoms with Crippen LogP contribution in [0.4, 0.5) is 11.5 Å². The number of hydrogen-bond acceptors (Lipinski definition) is 9. The van der Waals surface area contributed by atoms with Crippen LogP contribution in [0.5, 0.6) is 0 Å². The molecule has 0 saturated carbocycles. The summed E-state index contributed by atoms with van der Waals surface area (Å²) in [5.41, 5.74) is 6.75. The van der Waals surface area contributed by atoms with E-state index in [9.17, 15) is 19.2 Å². The Morgan fingerprint density at radius 2 is 1.85 bits per heavy atom. The Morgan fingerprint density at radius 3 is 2.50 bits per heavy atom. The number of aromatic nitrogens is 6. The van der Waals surface area contributed by atoms with Gasteiger partial charge in [0.1, 0.15) is 23.9 Å². The highest BCUT2D eigenvalue weighted by Crippen LogP contribution is 2.33. The number of hydrogen-bond donors (Lipinski definition) is 4. The Hall–Kier alpha value is -5.38. The van der Waals surface area contributed by atoms with Crippen LogP contribution in [0.1, 0.15) is 61.7 Å². The summed E-state index contributed by atoms with van der Waals surface area (Å²) in [5, 5.41) is 13.5. The van der Waals surface area contributed by atoms with Crippen molar-refractivity contribution in [2.24, 2.45) is 17.8 Å². The number of rotatable bonds is 11. The van der Waals surface area contributed by atoms with Gasteiger partial charge >= 0.3 is 5.69 Å². The summed E-state index contributed by atoms with van der Waals surface area (Å²) in [7, 11) is 1.57. The summed E-state index contributed by atoms with van der Waals surface area (Å²) >= 11 is 0. The number of aryl methyl sites for hydroxylation is 2. The Labute approximate surface area is 263 Å². The molecule has 0 aliphatic carbocycles. The van der Waals surface area contributed by atoms with Crippen molar-refractivity contribution < 1.29 is 14.3 Å². The van der Waals surface area contributed by atoms with Gasteiger partial charge in [-0.05, 0) is 51.3 Å². The van der Waals surface area contributed by atoms with E-state index in [4.69, 9.17) is 15.9 Å². The van der Waals surface area contributed by atoms with E-state index in [0.717, 1.165) is 10.1 Å². The van der Waals surface area contributed by atoms with Gasteiger partial charge in [-0.15, -0.1) is 0 Å². The molecule has 0 unspecified atom stereocenters. The number of nitrogens with one attached hydrogen (secondary N) is 3. The molecule has 1 aliphatic heterocycles. The molecule has 2 amide bonds. The zero-order valence-electron chi connectivity index (χ0n) is 26.1. The van der Waals surface area contributed by atoms with Crippen molar-refractivity contribution in [3.8, 4) is 0 Å². The van der Waals surface area contributed by atoms with Gasteiger partial charge < -0.3 is 25.7 Å². The summed E-state index contributed by atoms with van der Waals surface area (Å²) in [6.07, 6.45) is 3.68. The van der Waals surface area contributed by atoms with Crippen molar-refractivity contribution >= 4 is 46.5 Å². The topological polar surface area (TPSA) is 209 Å². The highest BCUT2D eigenvalue weighted by molar-refractivity contribution is 6.03. The molecular formula is C30H37N11O5. The molecule has 242 valence electrons. The van der Waals surface area contributed by atoms with Crippen LogP contribution in [0.25, 0.3) is 11.2 Å². The fraction of sp³-hybridized carbons (Fsp3) is 0.400. The van der Waals surface area contributed by atoms with Crippen LogP contribution >= 0.6 is 0 Å². The van der Waals surface area contributed by atoms with E-state index in [1.54, 1.807) is 43.8 Å². The summed E-state index contributed by atoms with van der Waals surface area (Å²) < 4.78 is 11.5. The number of amidine groups is 1. The molecule has 46 heavy (non-hydrogen) atoms. The zero-order valence-corrected chi connectivity index (χ0v) is 26.1. The van der Waals surface area contributed by atoms with Gasteiger partial charge in [0.2, 0.25) is 11.7 Å². The summed E-state index contributed by atoms with van der Waals surface area (Å²) in [4.78, 5) is 64.3. The molecule has 5 N–H and O–H groups in total. The minimum absolute atomic E-state index is 0.000190. The molecule has 0 radical (unpaired) electrons. The van der Waals surface area contributed by atoms with Crippen LogP contribution in [0, 0.1) is 5.41 Å². The molecule has 16 heteroatoms. The number of nitrogen functional groups attached to an aromatic ring is 1. The Bertz CT molecular complexity index is 1950. The van der Waals surface area contributed by atoms with E-state index < -0.39 is 29.5 Å². The van der Waals surface area contributed by atoms with E-state index in [1.807, 2.05) is 19.1 Å². The van der Waals surface area contributed by atoms with Gasteiger partial charge in [0, 0.05) is 45.0 Å². The lowest BCUT2D eigenvalue weighted by molar-refractivity contribution is -0.133. The highest BCUT2D eigenvalue weighted by Gasteiger charge is 2.33. The summed E-state index contributed by atoms with van der Waals surface area (Å²) in [5.74, 6) is -0.573. The maximum atomic E-state index is 13.2. The second kappa shape index (κ2) is 13.3. The van der Waals surface area contributed by atoms with Crippen LogP contribution in [-0.4, -0.2) is 64.7 Å².